The molecule has 1 aliphatic heterocycles. The molecule has 2 unspecified atom stereocenters. The highest BCUT2D eigenvalue weighted by atomic mass is 16.5. The van der Waals surface area contributed by atoms with E-state index in [9.17, 15) is 0 Å². The second-order valence-electron chi connectivity index (χ2n) is 5.54. The van der Waals surface area contributed by atoms with Gasteiger partial charge in [-0.05, 0) is 56.4 Å². The molecule has 1 saturated heterocycles. The lowest BCUT2D eigenvalue weighted by Gasteiger charge is -2.34. The maximum Gasteiger partial charge on any atom is 0.122 e. The van der Waals surface area contributed by atoms with Gasteiger partial charge in [0.25, 0.3) is 0 Å². The van der Waals surface area contributed by atoms with Crippen LogP contribution in [-0.2, 0) is 4.74 Å². The van der Waals surface area contributed by atoms with Crippen LogP contribution in [0.15, 0.2) is 12.1 Å². The first kappa shape index (κ1) is 14.3. The minimum atomic E-state index is -0.236. The number of nitrogens with two attached hydrogens (primary N) is 1. The molecule has 0 saturated carbocycles. The average Bonchev–Trinajstić information content (AvgIpc) is 2.81. The monoisotopic (exact) mass is 264 g/mol. The zero-order valence-corrected chi connectivity index (χ0v) is 12.2. The summed E-state index contributed by atoms with van der Waals surface area (Å²) in [6.45, 7) is 7.07. The largest absolute Gasteiger partial charge is 0.496 e. The Hall–Kier alpha value is -1.10. The molecule has 1 heterocycles. The highest BCUT2D eigenvalue weighted by Crippen LogP contribution is 2.39. The molecule has 3 N–H and O–H groups in total. The Balaban J connectivity index is 2.41. The van der Waals surface area contributed by atoms with Crippen molar-refractivity contribution >= 4 is 0 Å². The molecule has 2 atom stereocenters. The molecule has 19 heavy (non-hydrogen) atoms. The first-order valence-corrected chi connectivity index (χ1v) is 6.77. The number of benzene rings is 1. The maximum absolute atomic E-state index is 5.93. The maximum atomic E-state index is 5.93. The van der Waals surface area contributed by atoms with Crippen molar-refractivity contribution in [1.29, 1.82) is 0 Å². The number of hydrazine groups is 1. The van der Waals surface area contributed by atoms with Gasteiger partial charge in [-0.15, -0.1) is 0 Å². The smallest absolute Gasteiger partial charge is 0.122 e. The van der Waals surface area contributed by atoms with Gasteiger partial charge >= 0.3 is 0 Å². The van der Waals surface area contributed by atoms with Crippen LogP contribution in [0.2, 0.25) is 0 Å². The van der Waals surface area contributed by atoms with Crippen molar-refractivity contribution in [2.75, 3.05) is 13.7 Å². The summed E-state index contributed by atoms with van der Waals surface area (Å²) in [5, 5.41) is 0. The van der Waals surface area contributed by atoms with Crippen LogP contribution in [-0.4, -0.2) is 19.3 Å². The summed E-state index contributed by atoms with van der Waals surface area (Å²) in [5.41, 5.74) is 6.17. The van der Waals surface area contributed by atoms with Gasteiger partial charge in [-0.3, -0.25) is 11.3 Å². The van der Waals surface area contributed by atoms with E-state index in [1.807, 2.05) is 6.92 Å². The van der Waals surface area contributed by atoms with Crippen molar-refractivity contribution in [1.82, 2.24) is 5.43 Å². The van der Waals surface area contributed by atoms with Crippen LogP contribution in [0.1, 0.15) is 42.5 Å². The lowest BCUT2D eigenvalue weighted by atomic mass is 9.85. The van der Waals surface area contributed by atoms with Crippen LogP contribution in [0.5, 0.6) is 5.75 Å². The lowest BCUT2D eigenvalue weighted by Crippen LogP contribution is -2.44. The molecule has 0 bridgehead atoms. The molecule has 0 aromatic heterocycles. The van der Waals surface area contributed by atoms with E-state index in [-0.39, 0.29) is 11.6 Å². The van der Waals surface area contributed by atoms with Crippen molar-refractivity contribution < 1.29 is 9.47 Å². The van der Waals surface area contributed by atoms with Gasteiger partial charge in [0.1, 0.15) is 5.75 Å². The third-order valence-electron chi connectivity index (χ3n) is 4.12. The van der Waals surface area contributed by atoms with Gasteiger partial charge in [0.15, 0.2) is 0 Å². The zero-order valence-electron chi connectivity index (χ0n) is 12.2. The van der Waals surface area contributed by atoms with E-state index < -0.39 is 0 Å². The van der Waals surface area contributed by atoms with Gasteiger partial charge in [0.05, 0.1) is 18.8 Å². The van der Waals surface area contributed by atoms with Crippen LogP contribution < -0.4 is 16.0 Å². The Labute approximate surface area is 115 Å². The van der Waals surface area contributed by atoms with Crippen molar-refractivity contribution in [2.24, 2.45) is 5.84 Å². The molecular weight excluding hydrogens is 240 g/mol. The van der Waals surface area contributed by atoms with Crippen LogP contribution in [0.3, 0.4) is 0 Å². The minimum absolute atomic E-state index is 0.000365. The van der Waals surface area contributed by atoms with Crippen molar-refractivity contribution in [3.05, 3.63) is 28.8 Å². The molecule has 0 aliphatic carbocycles. The first-order chi connectivity index (χ1) is 9.01. The highest BCUT2D eigenvalue weighted by molar-refractivity contribution is 5.43. The molecule has 2 rings (SSSR count). The summed E-state index contributed by atoms with van der Waals surface area (Å²) in [7, 11) is 1.70. The quantitative estimate of drug-likeness (QED) is 0.647. The molecule has 1 fully saturated rings. The van der Waals surface area contributed by atoms with Gasteiger partial charge < -0.3 is 9.47 Å². The zero-order chi connectivity index (χ0) is 14.0. The van der Waals surface area contributed by atoms with Crippen LogP contribution in [0.25, 0.3) is 0 Å². The van der Waals surface area contributed by atoms with Crippen molar-refractivity contribution in [3.63, 3.8) is 0 Å². The third kappa shape index (κ3) is 2.61. The topological polar surface area (TPSA) is 56.5 Å². The summed E-state index contributed by atoms with van der Waals surface area (Å²) in [5.74, 6) is 6.71. The molecule has 1 aromatic carbocycles. The van der Waals surface area contributed by atoms with E-state index in [2.05, 4.69) is 31.4 Å². The summed E-state index contributed by atoms with van der Waals surface area (Å²) in [4.78, 5) is 0. The number of nitrogens with one attached hydrogen (secondary N) is 1. The van der Waals surface area contributed by atoms with E-state index in [1.54, 1.807) is 7.11 Å². The van der Waals surface area contributed by atoms with E-state index in [4.69, 9.17) is 15.3 Å². The Morgan fingerprint density at radius 2 is 2.11 bits per heavy atom. The van der Waals surface area contributed by atoms with Crippen molar-refractivity contribution in [3.8, 4) is 5.75 Å². The molecule has 0 spiro atoms. The van der Waals surface area contributed by atoms with E-state index >= 15 is 0 Å². The molecular formula is C15H24N2O2. The number of rotatable bonds is 4. The Bertz CT molecular complexity index is 454. The van der Waals surface area contributed by atoms with E-state index in [1.165, 1.54) is 11.1 Å². The second kappa shape index (κ2) is 5.49. The Kier molecular flexibility index (Phi) is 4.13. The van der Waals surface area contributed by atoms with Gasteiger partial charge in [0.2, 0.25) is 0 Å². The molecule has 4 heteroatoms. The predicted octanol–water partition coefficient (Wildman–Crippen LogP) is 2.39. The van der Waals surface area contributed by atoms with E-state index in [0.717, 1.165) is 30.8 Å². The van der Waals surface area contributed by atoms with E-state index in [0.29, 0.717) is 0 Å². The molecule has 1 aromatic rings. The SMILES string of the molecule is COc1cc(C)c(C(NN)C2(C)CCCO2)cc1C. The van der Waals surface area contributed by atoms with Gasteiger partial charge in [-0.2, -0.15) is 0 Å². The number of hydrogen-bond acceptors (Lipinski definition) is 4. The van der Waals surface area contributed by atoms with Gasteiger partial charge in [-0.1, -0.05) is 6.07 Å². The standard InChI is InChI=1S/C15H24N2O2/c1-10-9-13(18-4)11(2)8-12(10)14(17-16)15(3)6-5-7-19-15/h8-9,14,17H,5-7,16H2,1-4H3. The lowest BCUT2D eigenvalue weighted by molar-refractivity contribution is -0.0127. The predicted molar refractivity (Wildman–Crippen MR) is 76.1 cm³/mol. The number of methoxy groups -OCH3 is 1. The molecule has 4 nitrogen and oxygen atoms in total. The number of aryl methyl sites for hydroxylation is 2. The fourth-order valence-corrected chi connectivity index (χ4v) is 2.97. The Morgan fingerprint density at radius 1 is 1.37 bits per heavy atom. The van der Waals surface area contributed by atoms with Gasteiger partial charge in [-0.25, -0.2) is 0 Å². The second-order valence-corrected chi connectivity index (χ2v) is 5.54. The first-order valence-electron chi connectivity index (χ1n) is 6.77. The van der Waals surface area contributed by atoms with Crippen molar-refractivity contribution in [2.45, 2.75) is 45.3 Å². The average molecular weight is 264 g/mol. The summed E-state index contributed by atoms with van der Waals surface area (Å²) in [6, 6.07) is 4.21. The van der Waals surface area contributed by atoms with Gasteiger partial charge in [0, 0.05) is 6.61 Å². The normalized spacial score (nSPS) is 24.5. The molecule has 0 amide bonds. The molecule has 106 valence electrons. The summed E-state index contributed by atoms with van der Waals surface area (Å²) in [6.07, 6.45) is 2.11. The fraction of sp³-hybridized carbons (Fsp3) is 0.600. The number of ether oxygens (including phenoxy) is 2. The Morgan fingerprint density at radius 3 is 2.63 bits per heavy atom. The third-order valence-corrected chi connectivity index (χ3v) is 4.12. The number of hydrogen-bond donors (Lipinski definition) is 2. The van der Waals surface area contributed by atoms with Crippen LogP contribution in [0, 0.1) is 13.8 Å². The molecule has 1 aliphatic rings. The summed E-state index contributed by atoms with van der Waals surface area (Å²) >= 11 is 0. The fourth-order valence-electron chi connectivity index (χ4n) is 2.97. The van der Waals surface area contributed by atoms with Crippen LogP contribution in [0.4, 0.5) is 0 Å². The highest BCUT2D eigenvalue weighted by Gasteiger charge is 2.39. The minimum Gasteiger partial charge on any atom is -0.496 e. The molecule has 0 radical (unpaired) electrons. The summed E-state index contributed by atoms with van der Waals surface area (Å²) < 4.78 is 11.3. The van der Waals surface area contributed by atoms with Crippen LogP contribution >= 0.6 is 0 Å².